The van der Waals surface area contributed by atoms with Crippen LogP contribution in [-0.2, 0) is 11.2 Å². The number of ether oxygens (including phenoxy) is 2. The second-order valence-electron chi connectivity index (χ2n) is 5.50. The minimum Gasteiger partial charge on any atom is -0.493 e. The third kappa shape index (κ3) is 4.18. The summed E-state index contributed by atoms with van der Waals surface area (Å²) >= 11 is 0. The molecule has 0 radical (unpaired) electrons. The number of hydrogen-bond acceptors (Lipinski definition) is 5. The van der Waals surface area contributed by atoms with Gasteiger partial charge in [-0.25, -0.2) is 4.79 Å². The lowest BCUT2D eigenvalue weighted by Crippen LogP contribution is -2.18. The number of carbonyl (C=O) groups is 3. The van der Waals surface area contributed by atoms with Gasteiger partial charge in [-0.05, 0) is 24.6 Å². The van der Waals surface area contributed by atoms with Crippen LogP contribution in [0.4, 0.5) is 5.69 Å². The van der Waals surface area contributed by atoms with Crippen LogP contribution in [0.2, 0.25) is 0 Å². The molecule has 2 rings (SSSR count). The van der Waals surface area contributed by atoms with Crippen molar-refractivity contribution >= 4 is 23.3 Å². The fourth-order valence-electron chi connectivity index (χ4n) is 2.52. The van der Waals surface area contributed by atoms with Crippen molar-refractivity contribution in [3.05, 3.63) is 53.1 Å². The number of methoxy groups -OCH3 is 2. The Kier molecular flexibility index (Phi) is 5.95. The van der Waals surface area contributed by atoms with Crippen LogP contribution in [0.5, 0.6) is 11.5 Å². The maximum Gasteiger partial charge on any atom is 0.335 e. The maximum absolute atomic E-state index is 12.4. The average molecular weight is 357 g/mol. The lowest BCUT2D eigenvalue weighted by atomic mass is 10.0. The van der Waals surface area contributed by atoms with Gasteiger partial charge in [0.2, 0.25) is 5.91 Å². The Morgan fingerprint density at radius 3 is 2.19 bits per heavy atom. The number of ketones is 1. The molecule has 7 heteroatoms. The number of rotatable bonds is 7. The van der Waals surface area contributed by atoms with E-state index in [4.69, 9.17) is 9.47 Å². The zero-order chi connectivity index (χ0) is 19.3. The molecule has 1 amide bonds. The smallest absolute Gasteiger partial charge is 0.335 e. The van der Waals surface area contributed by atoms with Gasteiger partial charge in [0.05, 0.1) is 31.9 Å². The van der Waals surface area contributed by atoms with Gasteiger partial charge in [0.25, 0.3) is 0 Å². The van der Waals surface area contributed by atoms with Gasteiger partial charge >= 0.3 is 5.97 Å². The summed E-state index contributed by atoms with van der Waals surface area (Å²) in [5.41, 5.74) is 0.972. The molecule has 7 nitrogen and oxygen atoms in total. The first-order chi connectivity index (χ1) is 12.4. The van der Waals surface area contributed by atoms with Gasteiger partial charge < -0.3 is 19.9 Å². The van der Waals surface area contributed by atoms with E-state index in [1.165, 1.54) is 39.3 Å². The predicted molar refractivity (Wildman–Crippen MR) is 95.3 cm³/mol. The maximum atomic E-state index is 12.4. The SMILES string of the molecule is COc1cc(NC(=O)Cc2ccccc2C(=O)O)c(C(C)=O)cc1OC. The highest BCUT2D eigenvalue weighted by molar-refractivity contribution is 6.05. The lowest BCUT2D eigenvalue weighted by Gasteiger charge is -2.14. The van der Waals surface area contributed by atoms with E-state index in [9.17, 15) is 19.5 Å². The summed E-state index contributed by atoms with van der Waals surface area (Å²) in [4.78, 5) is 35.5. The molecule has 0 aromatic heterocycles. The summed E-state index contributed by atoms with van der Waals surface area (Å²) in [5, 5.41) is 11.8. The van der Waals surface area contributed by atoms with E-state index in [-0.39, 0.29) is 29.0 Å². The molecule has 0 aliphatic rings. The molecule has 0 saturated heterocycles. The van der Waals surface area contributed by atoms with E-state index in [2.05, 4.69) is 5.32 Å². The van der Waals surface area contributed by atoms with Crippen molar-refractivity contribution in [1.82, 2.24) is 0 Å². The molecule has 2 N–H and O–H groups in total. The molecular formula is C19H19NO6. The summed E-state index contributed by atoms with van der Waals surface area (Å²) in [6, 6.07) is 9.24. The molecule has 2 aromatic carbocycles. The molecule has 0 fully saturated rings. The third-order valence-electron chi connectivity index (χ3n) is 3.78. The summed E-state index contributed by atoms with van der Waals surface area (Å²) in [5.74, 6) is -1.09. The van der Waals surface area contributed by atoms with Crippen LogP contribution in [0.1, 0.15) is 33.2 Å². The Morgan fingerprint density at radius 2 is 1.62 bits per heavy atom. The highest BCUT2D eigenvalue weighted by Gasteiger charge is 2.18. The van der Waals surface area contributed by atoms with Crippen LogP contribution in [0.25, 0.3) is 0 Å². The second kappa shape index (κ2) is 8.15. The summed E-state index contributed by atoms with van der Waals surface area (Å²) in [7, 11) is 2.89. The van der Waals surface area contributed by atoms with E-state index in [1.807, 2.05) is 0 Å². The molecule has 136 valence electrons. The van der Waals surface area contributed by atoms with Crippen LogP contribution in [0.3, 0.4) is 0 Å². The van der Waals surface area contributed by atoms with Crippen molar-refractivity contribution in [1.29, 1.82) is 0 Å². The first kappa shape index (κ1) is 19.0. The number of carboxylic acid groups (broad SMARTS) is 1. The number of hydrogen-bond donors (Lipinski definition) is 2. The number of nitrogens with one attached hydrogen (secondary N) is 1. The van der Waals surface area contributed by atoms with Gasteiger partial charge in [-0.3, -0.25) is 9.59 Å². The predicted octanol–water partition coefficient (Wildman–Crippen LogP) is 2.79. The van der Waals surface area contributed by atoms with Crippen molar-refractivity contribution in [3.63, 3.8) is 0 Å². The van der Waals surface area contributed by atoms with Gasteiger partial charge in [-0.2, -0.15) is 0 Å². The first-order valence-corrected chi connectivity index (χ1v) is 7.75. The highest BCUT2D eigenvalue weighted by atomic mass is 16.5. The van der Waals surface area contributed by atoms with Gasteiger partial charge in [-0.1, -0.05) is 18.2 Å². The molecule has 0 aliphatic carbocycles. The van der Waals surface area contributed by atoms with Crippen molar-refractivity contribution in [2.75, 3.05) is 19.5 Å². The molecule has 2 aromatic rings. The van der Waals surface area contributed by atoms with Gasteiger partial charge in [0.1, 0.15) is 0 Å². The molecular weight excluding hydrogens is 338 g/mol. The molecule has 0 spiro atoms. The molecule has 0 atom stereocenters. The van der Waals surface area contributed by atoms with Crippen molar-refractivity contribution < 1.29 is 29.0 Å². The molecule has 0 saturated carbocycles. The standard InChI is InChI=1S/C19H19NO6/c1-11(21)14-9-16(25-2)17(26-3)10-15(14)20-18(22)8-12-6-4-5-7-13(12)19(23)24/h4-7,9-10H,8H2,1-3H3,(H,20,22)(H,23,24). The van der Waals surface area contributed by atoms with Crippen LogP contribution >= 0.6 is 0 Å². The summed E-state index contributed by atoms with van der Waals surface area (Å²) in [6.07, 6.45) is -0.145. The largest absolute Gasteiger partial charge is 0.493 e. The Labute approximate surface area is 150 Å². The Bertz CT molecular complexity index is 859. The second-order valence-corrected chi connectivity index (χ2v) is 5.50. The number of carbonyl (C=O) groups excluding carboxylic acids is 2. The highest BCUT2D eigenvalue weighted by Crippen LogP contribution is 2.33. The van der Waals surface area contributed by atoms with Crippen molar-refractivity contribution in [3.8, 4) is 11.5 Å². The zero-order valence-corrected chi connectivity index (χ0v) is 14.7. The quantitative estimate of drug-likeness (QED) is 0.739. The molecule has 0 aliphatic heterocycles. The Hall–Kier alpha value is -3.35. The van der Waals surface area contributed by atoms with E-state index in [0.29, 0.717) is 17.1 Å². The Balaban J connectivity index is 2.31. The van der Waals surface area contributed by atoms with E-state index in [0.717, 1.165) is 0 Å². The fourth-order valence-corrected chi connectivity index (χ4v) is 2.52. The number of Topliss-reactive ketones (excluding diaryl/α,β-unsaturated/α-hetero) is 1. The van der Waals surface area contributed by atoms with Crippen LogP contribution in [0, 0.1) is 0 Å². The Morgan fingerprint density at radius 1 is 1.00 bits per heavy atom. The zero-order valence-electron chi connectivity index (χ0n) is 14.7. The van der Waals surface area contributed by atoms with Crippen molar-refractivity contribution in [2.45, 2.75) is 13.3 Å². The number of benzene rings is 2. The van der Waals surface area contributed by atoms with Crippen molar-refractivity contribution in [2.24, 2.45) is 0 Å². The lowest BCUT2D eigenvalue weighted by molar-refractivity contribution is -0.115. The van der Waals surface area contributed by atoms with E-state index >= 15 is 0 Å². The van der Waals surface area contributed by atoms with Crippen LogP contribution in [-0.4, -0.2) is 37.0 Å². The number of carboxylic acids is 1. The number of anilines is 1. The van der Waals surface area contributed by atoms with E-state index in [1.54, 1.807) is 18.2 Å². The van der Waals surface area contributed by atoms with Crippen LogP contribution < -0.4 is 14.8 Å². The van der Waals surface area contributed by atoms with Gasteiger partial charge in [0.15, 0.2) is 17.3 Å². The normalized spacial score (nSPS) is 10.1. The number of aromatic carboxylic acids is 1. The third-order valence-corrected chi connectivity index (χ3v) is 3.78. The monoisotopic (exact) mass is 357 g/mol. The topological polar surface area (TPSA) is 102 Å². The molecule has 0 unspecified atom stereocenters. The van der Waals surface area contributed by atoms with Crippen LogP contribution in [0.15, 0.2) is 36.4 Å². The average Bonchev–Trinajstić information content (AvgIpc) is 2.61. The summed E-state index contributed by atoms with van der Waals surface area (Å²) < 4.78 is 10.4. The number of amides is 1. The van der Waals surface area contributed by atoms with Gasteiger partial charge in [0, 0.05) is 11.6 Å². The molecule has 0 heterocycles. The molecule has 26 heavy (non-hydrogen) atoms. The van der Waals surface area contributed by atoms with Gasteiger partial charge in [-0.15, -0.1) is 0 Å². The van der Waals surface area contributed by atoms with E-state index < -0.39 is 11.9 Å². The summed E-state index contributed by atoms with van der Waals surface area (Å²) in [6.45, 7) is 1.37. The minimum atomic E-state index is -1.11. The first-order valence-electron chi connectivity index (χ1n) is 7.75. The minimum absolute atomic E-state index is 0.0572. The molecule has 0 bridgehead atoms. The fraction of sp³-hybridized carbons (Fsp3) is 0.211.